The van der Waals surface area contributed by atoms with Crippen molar-refractivity contribution in [2.45, 2.75) is 56.3 Å². The van der Waals surface area contributed by atoms with E-state index in [-0.39, 0.29) is 54.3 Å². The number of rotatable bonds is 8. The van der Waals surface area contributed by atoms with Crippen molar-refractivity contribution >= 4 is 44.4 Å². The van der Waals surface area contributed by atoms with Crippen molar-refractivity contribution in [3.05, 3.63) is 48.2 Å². The van der Waals surface area contributed by atoms with Crippen LogP contribution in [0.3, 0.4) is 0 Å². The smallest absolute Gasteiger partial charge is 0.321 e. The highest BCUT2D eigenvalue weighted by Crippen LogP contribution is 2.54. The van der Waals surface area contributed by atoms with E-state index in [2.05, 4.69) is 10.3 Å². The van der Waals surface area contributed by atoms with Gasteiger partial charge in [-0.25, -0.2) is 22.2 Å². The Balaban J connectivity index is 1.32. The Hall–Kier alpha value is -3.81. The minimum absolute atomic E-state index is 0.0386. The van der Waals surface area contributed by atoms with E-state index in [9.17, 15) is 31.2 Å². The average molecular weight is 634 g/mol. The van der Waals surface area contributed by atoms with Crippen LogP contribution in [0.25, 0.3) is 5.65 Å². The number of aromatic nitrogens is 2. The lowest BCUT2D eigenvalue weighted by molar-refractivity contribution is -0.139. The summed E-state index contributed by atoms with van der Waals surface area (Å²) in [4.78, 5) is 33.5. The number of alkyl halides is 2. The molecule has 6 rings (SSSR count). The third kappa shape index (κ3) is 6.08. The third-order valence-electron chi connectivity index (χ3n) is 8.94. The van der Waals surface area contributed by atoms with Gasteiger partial charge in [-0.05, 0) is 62.3 Å². The second-order valence-corrected chi connectivity index (χ2v) is 13.9. The van der Waals surface area contributed by atoms with E-state index in [0.29, 0.717) is 29.9 Å². The zero-order chi connectivity index (χ0) is 31.3. The van der Waals surface area contributed by atoms with Gasteiger partial charge < -0.3 is 19.9 Å². The maximum absolute atomic E-state index is 14.7. The summed E-state index contributed by atoms with van der Waals surface area (Å²) in [7, 11) is -4.05. The number of nitrogens with zero attached hydrogens (tertiary/aromatic N) is 4. The van der Waals surface area contributed by atoms with Crippen molar-refractivity contribution in [3.63, 3.8) is 0 Å². The summed E-state index contributed by atoms with van der Waals surface area (Å²) in [5, 5.41) is 2.80. The van der Waals surface area contributed by atoms with Crippen LogP contribution >= 0.6 is 0 Å². The van der Waals surface area contributed by atoms with Gasteiger partial charge in [0.2, 0.25) is 5.95 Å². The highest BCUT2D eigenvalue weighted by molar-refractivity contribution is 7.92. The van der Waals surface area contributed by atoms with Crippen LogP contribution in [0, 0.1) is 11.4 Å². The standard InChI is InChI=1S/C30H34F3N5O5S/c1-2-43-26(39)19-44(41,42)21-3-4-22(23(16-21)36-11-7-29(5-6-29)8-12-36)28(40)35-20-15-24(27-34-17-25(31)38(27)18-20)37-13-9-30(32,33)10-14-37/h3-4,15-18H,2,5-14,19H2,1H3,(H,35,40). The third-order valence-corrected chi connectivity index (χ3v) is 10.5. The number of ether oxygens (including phenoxy) is 1. The van der Waals surface area contributed by atoms with Gasteiger partial charge in [-0.15, -0.1) is 0 Å². The molecule has 0 bridgehead atoms. The number of amides is 1. The van der Waals surface area contributed by atoms with E-state index >= 15 is 0 Å². The number of nitrogens with one attached hydrogen (secondary N) is 1. The van der Waals surface area contributed by atoms with E-state index in [0.717, 1.165) is 36.3 Å². The molecule has 1 N–H and O–H groups in total. The largest absolute Gasteiger partial charge is 0.465 e. The number of imidazole rings is 1. The number of fused-ring (bicyclic) bond motifs is 1. The predicted octanol–water partition coefficient (Wildman–Crippen LogP) is 4.68. The number of halogens is 3. The second kappa shape index (κ2) is 11.3. The van der Waals surface area contributed by atoms with E-state index in [1.165, 1.54) is 24.4 Å². The van der Waals surface area contributed by atoms with Crippen LogP contribution in [0.1, 0.15) is 55.8 Å². The predicted molar refractivity (Wildman–Crippen MR) is 158 cm³/mol. The van der Waals surface area contributed by atoms with Gasteiger partial charge in [0.1, 0.15) is 0 Å². The lowest BCUT2D eigenvalue weighted by atomic mass is 9.93. The van der Waals surface area contributed by atoms with Gasteiger partial charge in [0.05, 0.1) is 40.3 Å². The molecule has 236 valence electrons. The van der Waals surface area contributed by atoms with Gasteiger partial charge in [0.25, 0.3) is 11.8 Å². The Labute approximate surface area is 253 Å². The number of benzene rings is 1. The van der Waals surface area contributed by atoms with Gasteiger partial charge in [0.15, 0.2) is 21.2 Å². The van der Waals surface area contributed by atoms with Crippen molar-refractivity contribution in [2.24, 2.45) is 5.41 Å². The van der Waals surface area contributed by atoms with Crippen molar-refractivity contribution in [3.8, 4) is 0 Å². The number of hydrogen-bond donors (Lipinski definition) is 1. The molecule has 3 fully saturated rings. The summed E-state index contributed by atoms with van der Waals surface area (Å²) in [6.45, 7) is 2.99. The van der Waals surface area contributed by atoms with E-state index in [4.69, 9.17) is 4.74 Å². The van der Waals surface area contributed by atoms with Crippen LogP contribution < -0.4 is 15.1 Å². The molecular weight excluding hydrogens is 599 g/mol. The van der Waals surface area contributed by atoms with Gasteiger partial charge in [-0.3, -0.25) is 14.0 Å². The van der Waals surface area contributed by atoms with Gasteiger partial charge in [0, 0.05) is 45.2 Å². The van der Waals surface area contributed by atoms with Crippen LogP contribution in [-0.4, -0.2) is 74.1 Å². The van der Waals surface area contributed by atoms with E-state index in [1.807, 2.05) is 4.90 Å². The molecule has 0 radical (unpaired) electrons. The number of anilines is 3. The molecule has 3 aromatic rings. The molecule has 1 spiro atoms. The van der Waals surface area contributed by atoms with Crippen molar-refractivity contribution < 1.29 is 35.9 Å². The minimum Gasteiger partial charge on any atom is -0.465 e. The van der Waals surface area contributed by atoms with Crippen LogP contribution in [0.4, 0.5) is 30.2 Å². The lowest BCUT2D eigenvalue weighted by Gasteiger charge is -2.35. The van der Waals surface area contributed by atoms with Crippen LogP contribution in [0.5, 0.6) is 0 Å². The second-order valence-electron chi connectivity index (χ2n) is 11.9. The first kappa shape index (κ1) is 30.2. The Morgan fingerprint density at radius 1 is 0.977 bits per heavy atom. The quantitative estimate of drug-likeness (QED) is 0.356. The maximum Gasteiger partial charge on any atom is 0.321 e. The molecule has 2 aliphatic heterocycles. The molecule has 3 aliphatic rings. The molecule has 2 saturated heterocycles. The zero-order valence-electron chi connectivity index (χ0n) is 24.3. The maximum atomic E-state index is 14.7. The number of esters is 1. The Bertz CT molecular complexity index is 1700. The highest BCUT2D eigenvalue weighted by Gasteiger charge is 2.45. The summed E-state index contributed by atoms with van der Waals surface area (Å²) < 4.78 is 74.5. The van der Waals surface area contributed by atoms with E-state index < -0.39 is 39.3 Å². The summed E-state index contributed by atoms with van der Waals surface area (Å²) in [5.74, 6) is -5.70. The topological polar surface area (TPSA) is 113 Å². The minimum atomic E-state index is -4.05. The lowest BCUT2D eigenvalue weighted by Crippen LogP contribution is -2.39. The molecule has 1 amide bonds. The van der Waals surface area contributed by atoms with Gasteiger partial charge in [-0.2, -0.15) is 4.39 Å². The summed E-state index contributed by atoms with van der Waals surface area (Å²) in [6.07, 6.45) is 5.84. The molecule has 10 nitrogen and oxygen atoms in total. The number of sulfone groups is 1. The van der Waals surface area contributed by atoms with Crippen LogP contribution in [-0.2, 0) is 19.4 Å². The molecule has 4 heterocycles. The van der Waals surface area contributed by atoms with Gasteiger partial charge >= 0.3 is 5.97 Å². The first-order chi connectivity index (χ1) is 20.9. The molecule has 44 heavy (non-hydrogen) atoms. The fourth-order valence-corrected chi connectivity index (χ4v) is 7.24. The number of hydrogen-bond acceptors (Lipinski definition) is 8. The summed E-state index contributed by atoms with van der Waals surface area (Å²) >= 11 is 0. The molecule has 0 unspecified atom stereocenters. The first-order valence-corrected chi connectivity index (χ1v) is 16.4. The molecule has 1 saturated carbocycles. The fraction of sp³-hybridized carbons (Fsp3) is 0.500. The molecule has 1 aromatic carbocycles. The molecule has 1 aliphatic carbocycles. The Morgan fingerprint density at radius 2 is 1.64 bits per heavy atom. The average Bonchev–Trinajstić information content (AvgIpc) is 3.63. The van der Waals surface area contributed by atoms with Crippen LogP contribution in [0.2, 0.25) is 0 Å². The first-order valence-electron chi connectivity index (χ1n) is 14.8. The summed E-state index contributed by atoms with van der Waals surface area (Å²) in [6, 6.07) is 5.71. The van der Waals surface area contributed by atoms with Crippen LogP contribution in [0.15, 0.2) is 41.6 Å². The Kier molecular flexibility index (Phi) is 7.75. The van der Waals surface area contributed by atoms with E-state index in [1.54, 1.807) is 17.9 Å². The summed E-state index contributed by atoms with van der Waals surface area (Å²) in [5.41, 5.74) is 1.81. The molecule has 0 atom stereocenters. The molecular formula is C30H34F3N5O5S. The van der Waals surface area contributed by atoms with Crippen molar-refractivity contribution in [1.82, 2.24) is 9.38 Å². The number of piperidine rings is 2. The number of carbonyl (C=O) groups is 2. The van der Waals surface area contributed by atoms with Crippen molar-refractivity contribution in [2.75, 3.05) is 53.7 Å². The van der Waals surface area contributed by atoms with Gasteiger partial charge in [-0.1, -0.05) is 0 Å². The normalized spacial score (nSPS) is 19.3. The fourth-order valence-electron chi connectivity index (χ4n) is 6.11. The Morgan fingerprint density at radius 3 is 2.30 bits per heavy atom. The SMILES string of the molecule is CCOC(=O)CS(=O)(=O)c1ccc(C(=O)Nc2cc(N3CCC(F)(F)CC3)c3ncc(F)n3c2)c(N2CCC3(CC2)CC3)c1. The monoisotopic (exact) mass is 633 g/mol. The number of pyridine rings is 1. The molecule has 14 heteroatoms. The zero-order valence-corrected chi connectivity index (χ0v) is 25.1. The molecule has 2 aromatic heterocycles. The number of carbonyl (C=O) groups excluding carboxylic acids is 2. The highest BCUT2D eigenvalue weighted by atomic mass is 32.2. The van der Waals surface area contributed by atoms with Crippen molar-refractivity contribution in [1.29, 1.82) is 0 Å².